The minimum atomic E-state index is -0.725. The van der Waals surface area contributed by atoms with Crippen LogP contribution in [-0.2, 0) is 6.54 Å². The summed E-state index contributed by atoms with van der Waals surface area (Å²) in [5, 5.41) is 15.8. The number of furan rings is 1. The van der Waals surface area contributed by atoms with E-state index >= 15 is 0 Å². The molecule has 2 unspecified atom stereocenters. The predicted molar refractivity (Wildman–Crippen MR) is 93.8 cm³/mol. The highest BCUT2D eigenvalue weighted by atomic mass is 16.4. The molecule has 2 atom stereocenters. The van der Waals surface area contributed by atoms with Crippen molar-refractivity contribution in [1.82, 2.24) is 10.6 Å². The summed E-state index contributed by atoms with van der Waals surface area (Å²) in [6, 6.07) is 7.27. The number of hydrogen-bond acceptors (Lipinski definition) is 3. The highest BCUT2D eigenvalue weighted by Crippen LogP contribution is 2.18. The maximum Gasteiger partial charge on any atom is 0.315 e. The van der Waals surface area contributed by atoms with Crippen molar-refractivity contribution in [2.45, 2.75) is 52.8 Å². The molecule has 1 heterocycles. The number of aliphatic hydroxyl groups excluding tert-OH is 1. The number of urea groups is 1. The quantitative estimate of drug-likeness (QED) is 0.758. The lowest BCUT2D eigenvalue weighted by molar-refractivity contribution is 0.129. The van der Waals surface area contributed by atoms with Crippen LogP contribution in [0.2, 0.25) is 0 Å². The Kier molecular flexibility index (Phi) is 6.04. The number of carbonyl (C=O) groups excluding carboxylic acids is 1. The van der Waals surface area contributed by atoms with Crippen molar-refractivity contribution in [2.24, 2.45) is 0 Å². The van der Waals surface area contributed by atoms with E-state index in [1.807, 2.05) is 6.92 Å². The average Bonchev–Trinajstić information content (AvgIpc) is 2.99. The van der Waals surface area contributed by atoms with Crippen LogP contribution < -0.4 is 10.6 Å². The number of benzene rings is 1. The van der Waals surface area contributed by atoms with E-state index in [0.29, 0.717) is 18.7 Å². The van der Waals surface area contributed by atoms with E-state index in [0.717, 1.165) is 5.56 Å². The van der Waals surface area contributed by atoms with E-state index in [4.69, 9.17) is 4.42 Å². The summed E-state index contributed by atoms with van der Waals surface area (Å²) in [5.41, 5.74) is 4.71. The van der Waals surface area contributed by atoms with Gasteiger partial charge in [0.15, 0.2) is 0 Å². The number of hydrogen-bond donors (Lipinski definition) is 3. The molecule has 2 rings (SSSR count). The third-order valence-electron chi connectivity index (χ3n) is 4.09. The fraction of sp³-hybridized carbons (Fsp3) is 0.421. The zero-order chi connectivity index (χ0) is 17.7. The van der Waals surface area contributed by atoms with Gasteiger partial charge in [0.2, 0.25) is 0 Å². The van der Waals surface area contributed by atoms with E-state index in [1.54, 1.807) is 12.1 Å². The highest BCUT2D eigenvalue weighted by Gasteiger charge is 2.16. The normalized spacial score (nSPS) is 13.4. The first-order valence-electron chi connectivity index (χ1n) is 8.19. The van der Waals surface area contributed by atoms with Gasteiger partial charge in [0.1, 0.15) is 11.9 Å². The van der Waals surface area contributed by atoms with Crippen LogP contribution in [0.25, 0.3) is 0 Å². The van der Waals surface area contributed by atoms with Crippen LogP contribution >= 0.6 is 0 Å². The summed E-state index contributed by atoms with van der Waals surface area (Å²) in [4.78, 5) is 12.1. The van der Waals surface area contributed by atoms with Crippen molar-refractivity contribution in [3.63, 3.8) is 0 Å². The molecule has 0 aliphatic rings. The van der Waals surface area contributed by atoms with E-state index in [-0.39, 0.29) is 12.1 Å². The maximum atomic E-state index is 12.1. The van der Waals surface area contributed by atoms with Crippen molar-refractivity contribution >= 4 is 6.03 Å². The van der Waals surface area contributed by atoms with E-state index in [1.165, 1.54) is 23.0 Å². The molecule has 5 heteroatoms. The molecule has 0 aliphatic carbocycles. The molecular formula is C19H26N2O3. The Morgan fingerprint density at radius 2 is 1.92 bits per heavy atom. The fourth-order valence-corrected chi connectivity index (χ4v) is 2.92. The molecule has 1 aromatic heterocycles. The third-order valence-corrected chi connectivity index (χ3v) is 4.09. The van der Waals surface area contributed by atoms with Gasteiger partial charge in [-0.05, 0) is 56.5 Å². The minimum Gasteiger partial charge on any atom is -0.467 e. The Bertz CT molecular complexity index is 657. The Morgan fingerprint density at radius 1 is 1.25 bits per heavy atom. The van der Waals surface area contributed by atoms with Crippen LogP contribution in [0, 0.1) is 20.8 Å². The van der Waals surface area contributed by atoms with Crippen molar-refractivity contribution < 1.29 is 14.3 Å². The number of aliphatic hydroxyl groups is 1. The first-order chi connectivity index (χ1) is 11.4. The zero-order valence-corrected chi connectivity index (χ0v) is 14.7. The van der Waals surface area contributed by atoms with Gasteiger partial charge in [-0.2, -0.15) is 0 Å². The molecule has 0 saturated carbocycles. The molecule has 24 heavy (non-hydrogen) atoms. The second-order valence-corrected chi connectivity index (χ2v) is 6.37. The van der Waals surface area contributed by atoms with Gasteiger partial charge in [0, 0.05) is 19.0 Å². The van der Waals surface area contributed by atoms with Gasteiger partial charge in [0.05, 0.1) is 6.26 Å². The molecule has 2 amide bonds. The summed E-state index contributed by atoms with van der Waals surface area (Å²) in [5.74, 6) is 0.509. The highest BCUT2D eigenvalue weighted by molar-refractivity contribution is 5.74. The van der Waals surface area contributed by atoms with Crippen LogP contribution in [0.15, 0.2) is 34.9 Å². The lowest BCUT2D eigenvalue weighted by atomic mass is 10.00. The number of carbonyl (C=O) groups is 1. The molecule has 0 bridgehead atoms. The lowest BCUT2D eigenvalue weighted by Crippen LogP contribution is -2.41. The number of rotatable bonds is 6. The van der Waals surface area contributed by atoms with E-state index in [2.05, 4.69) is 43.5 Å². The largest absolute Gasteiger partial charge is 0.467 e. The Balaban J connectivity index is 1.83. The smallest absolute Gasteiger partial charge is 0.315 e. The summed E-state index contributed by atoms with van der Waals surface area (Å²) >= 11 is 0. The third kappa shape index (κ3) is 4.86. The molecule has 2 aromatic rings. The second kappa shape index (κ2) is 8.02. The lowest BCUT2D eigenvalue weighted by Gasteiger charge is -2.18. The zero-order valence-electron chi connectivity index (χ0n) is 14.7. The number of amides is 2. The van der Waals surface area contributed by atoms with Crippen LogP contribution in [-0.4, -0.2) is 17.2 Å². The Hall–Kier alpha value is -2.27. The van der Waals surface area contributed by atoms with Crippen molar-refractivity contribution in [1.29, 1.82) is 0 Å². The van der Waals surface area contributed by atoms with Gasteiger partial charge < -0.3 is 20.2 Å². The maximum absolute atomic E-state index is 12.1. The molecule has 1 aromatic carbocycles. The van der Waals surface area contributed by atoms with Crippen LogP contribution in [0.5, 0.6) is 0 Å². The molecule has 0 fully saturated rings. The topological polar surface area (TPSA) is 74.5 Å². The molecule has 3 N–H and O–H groups in total. The summed E-state index contributed by atoms with van der Waals surface area (Å²) in [6.45, 7) is 8.51. The number of aryl methyl sites for hydroxylation is 3. The van der Waals surface area contributed by atoms with Gasteiger partial charge in [0.25, 0.3) is 0 Å². The summed E-state index contributed by atoms with van der Waals surface area (Å²) in [7, 11) is 0. The van der Waals surface area contributed by atoms with Crippen molar-refractivity contribution in [3.05, 3.63) is 58.5 Å². The van der Waals surface area contributed by atoms with Gasteiger partial charge in [-0.3, -0.25) is 0 Å². The van der Waals surface area contributed by atoms with E-state index in [9.17, 15) is 9.90 Å². The Morgan fingerprint density at radius 3 is 2.50 bits per heavy atom. The summed E-state index contributed by atoms with van der Waals surface area (Å²) < 4.78 is 5.16. The average molecular weight is 330 g/mol. The fourth-order valence-electron chi connectivity index (χ4n) is 2.92. The summed E-state index contributed by atoms with van der Waals surface area (Å²) in [6.07, 6.45) is 1.19. The molecule has 5 nitrogen and oxygen atoms in total. The molecule has 0 spiro atoms. The van der Waals surface area contributed by atoms with E-state index < -0.39 is 6.10 Å². The van der Waals surface area contributed by atoms with Crippen molar-refractivity contribution in [3.8, 4) is 0 Å². The Labute approximate surface area is 143 Å². The van der Waals surface area contributed by atoms with Gasteiger partial charge >= 0.3 is 6.03 Å². The van der Waals surface area contributed by atoms with Crippen LogP contribution in [0.1, 0.15) is 47.5 Å². The molecule has 130 valence electrons. The first-order valence-corrected chi connectivity index (χ1v) is 8.19. The molecular weight excluding hydrogens is 304 g/mol. The SMILES string of the molecule is Cc1cc(C)c(CNC(=O)NC(C)CC(O)c2ccco2)c(C)c1. The van der Waals surface area contributed by atoms with Gasteiger partial charge in [-0.1, -0.05) is 17.7 Å². The molecule has 0 saturated heterocycles. The standard InChI is InChI=1S/C19H26N2O3/c1-12-8-13(2)16(14(3)9-12)11-20-19(23)21-15(4)10-17(22)18-6-5-7-24-18/h5-9,15,17,22H,10-11H2,1-4H3,(H2,20,21,23). The molecule has 0 aliphatic heterocycles. The van der Waals surface area contributed by atoms with Crippen molar-refractivity contribution in [2.75, 3.05) is 0 Å². The van der Waals surface area contributed by atoms with Gasteiger partial charge in [-0.25, -0.2) is 4.79 Å². The first kappa shape index (κ1) is 18.1. The minimum absolute atomic E-state index is 0.176. The second-order valence-electron chi connectivity index (χ2n) is 6.37. The predicted octanol–water partition coefficient (Wildman–Crippen LogP) is 3.52. The van der Waals surface area contributed by atoms with Crippen LogP contribution in [0.3, 0.4) is 0 Å². The monoisotopic (exact) mass is 330 g/mol. The van der Waals surface area contributed by atoms with Gasteiger partial charge in [-0.15, -0.1) is 0 Å². The van der Waals surface area contributed by atoms with Crippen LogP contribution in [0.4, 0.5) is 4.79 Å². The number of nitrogens with one attached hydrogen (secondary N) is 2. The molecule has 0 radical (unpaired) electrons.